The normalized spacial score (nSPS) is 11.4. The fraction of sp³-hybridized carbons (Fsp3) is 0.0645. The van der Waals surface area contributed by atoms with E-state index in [0.717, 1.165) is 29.1 Å². The standard InChI is InChI=1S/C31H19Cl2N5O4S4/c32-15-1-7-25-21(9-15)37-30(45-25)43-13-27(40)34-17-4-6-24-20(11-17)36-29(42-24)19-5-3-18(12-23(19)39)35-28(41)14-44-31-38-22-10-16(33)2-8-26(22)46-31/h1-12,39H,13-14H2,(H,34,40)(H,35,41). The van der Waals surface area contributed by atoms with E-state index in [-0.39, 0.29) is 35.0 Å². The van der Waals surface area contributed by atoms with E-state index in [0.29, 0.717) is 38.1 Å². The van der Waals surface area contributed by atoms with E-state index in [4.69, 9.17) is 27.6 Å². The number of nitrogens with one attached hydrogen (secondary N) is 2. The molecule has 2 amide bonds. The zero-order chi connectivity index (χ0) is 31.8. The first kappa shape index (κ1) is 30.8. The number of rotatable bonds is 9. The van der Waals surface area contributed by atoms with Crippen LogP contribution in [0.2, 0.25) is 10.0 Å². The van der Waals surface area contributed by atoms with Crippen molar-refractivity contribution in [2.75, 3.05) is 22.1 Å². The first-order valence-corrected chi connectivity index (χ1v) is 17.8. The predicted octanol–water partition coefficient (Wildman–Crippen LogP) is 9.19. The number of aromatic hydroxyl groups is 1. The number of hydrogen-bond acceptors (Lipinski definition) is 11. The Bertz CT molecular complexity index is 2290. The van der Waals surface area contributed by atoms with Crippen LogP contribution in [0.5, 0.6) is 5.75 Å². The summed E-state index contributed by atoms with van der Waals surface area (Å²) in [6.07, 6.45) is 0. The van der Waals surface area contributed by atoms with Gasteiger partial charge in [-0.25, -0.2) is 15.0 Å². The van der Waals surface area contributed by atoms with Gasteiger partial charge >= 0.3 is 0 Å². The monoisotopic (exact) mass is 723 g/mol. The van der Waals surface area contributed by atoms with Gasteiger partial charge in [-0.05, 0) is 66.7 Å². The van der Waals surface area contributed by atoms with Gasteiger partial charge in [-0.15, -0.1) is 22.7 Å². The molecule has 7 rings (SSSR count). The van der Waals surface area contributed by atoms with Crippen LogP contribution >= 0.6 is 69.4 Å². The summed E-state index contributed by atoms with van der Waals surface area (Å²) in [5.74, 6) is -0.00812. The number of amides is 2. The van der Waals surface area contributed by atoms with Gasteiger partial charge in [-0.1, -0.05) is 46.7 Å². The average molecular weight is 725 g/mol. The van der Waals surface area contributed by atoms with Crippen molar-refractivity contribution in [3.63, 3.8) is 0 Å². The van der Waals surface area contributed by atoms with E-state index in [1.54, 1.807) is 42.5 Å². The second-order valence-corrected chi connectivity index (χ2v) is 15.2. The van der Waals surface area contributed by atoms with Crippen LogP contribution in [0, 0.1) is 0 Å². The van der Waals surface area contributed by atoms with Gasteiger partial charge < -0.3 is 20.2 Å². The minimum atomic E-state index is -0.241. The third-order valence-electron chi connectivity index (χ3n) is 6.50. The van der Waals surface area contributed by atoms with Gasteiger partial charge in [-0.3, -0.25) is 9.59 Å². The van der Waals surface area contributed by atoms with Gasteiger partial charge in [0.15, 0.2) is 14.3 Å². The summed E-state index contributed by atoms with van der Waals surface area (Å²) >= 11 is 17.8. The number of oxazole rings is 1. The topological polar surface area (TPSA) is 130 Å². The molecule has 0 bridgehead atoms. The van der Waals surface area contributed by atoms with Crippen LogP contribution < -0.4 is 10.6 Å². The number of phenolic OH excluding ortho intramolecular Hbond substituents is 1. The number of nitrogens with zero attached hydrogens (tertiary/aromatic N) is 3. The SMILES string of the molecule is O=C(CSc1nc2cc(Cl)ccc2s1)Nc1ccc(-c2nc3cc(NC(=O)CSc4nc5cc(Cl)ccc5s4)ccc3o2)c(O)c1. The Labute approximate surface area is 287 Å². The second kappa shape index (κ2) is 13.1. The molecule has 7 aromatic rings. The lowest BCUT2D eigenvalue weighted by Crippen LogP contribution is -2.13. The third kappa shape index (κ3) is 6.94. The molecule has 0 saturated carbocycles. The number of anilines is 2. The molecule has 46 heavy (non-hydrogen) atoms. The molecule has 9 nitrogen and oxygen atoms in total. The van der Waals surface area contributed by atoms with Crippen molar-refractivity contribution in [2.24, 2.45) is 0 Å². The Balaban J connectivity index is 0.960. The zero-order valence-corrected chi connectivity index (χ0v) is 28.0. The van der Waals surface area contributed by atoms with E-state index in [2.05, 4.69) is 25.6 Å². The van der Waals surface area contributed by atoms with Crippen molar-refractivity contribution in [1.29, 1.82) is 0 Å². The van der Waals surface area contributed by atoms with Gasteiger partial charge in [0.25, 0.3) is 0 Å². The van der Waals surface area contributed by atoms with E-state index in [9.17, 15) is 14.7 Å². The molecule has 3 heterocycles. The predicted molar refractivity (Wildman–Crippen MR) is 189 cm³/mol. The fourth-order valence-corrected chi connectivity index (χ4v) is 8.47. The first-order valence-electron chi connectivity index (χ1n) is 13.5. The Morgan fingerprint density at radius 3 is 1.87 bits per heavy atom. The van der Waals surface area contributed by atoms with E-state index in [1.165, 1.54) is 52.3 Å². The zero-order valence-electron chi connectivity index (χ0n) is 23.2. The van der Waals surface area contributed by atoms with E-state index in [1.807, 2.05) is 24.3 Å². The lowest BCUT2D eigenvalue weighted by atomic mass is 10.2. The van der Waals surface area contributed by atoms with Gasteiger partial charge in [0, 0.05) is 27.5 Å². The largest absolute Gasteiger partial charge is 0.507 e. The molecule has 0 saturated heterocycles. The Morgan fingerprint density at radius 2 is 1.28 bits per heavy atom. The maximum atomic E-state index is 12.6. The molecule has 0 aliphatic heterocycles. The number of halogens is 2. The summed E-state index contributed by atoms with van der Waals surface area (Å²) in [6, 6.07) is 20.9. The van der Waals surface area contributed by atoms with Crippen LogP contribution in [0.25, 0.3) is 43.0 Å². The van der Waals surface area contributed by atoms with Crippen LogP contribution in [0.4, 0.5) is 11.4 Å². The molecular weight excluding hydrogens is 706 g/mol. The summed E-state index contributed by atoms with van der Waals surface area (Å²) in [7, 11) is 0. The molecular formula is C31H19Cl2N5O4S4. The smallest absolute Gasteiger partial charge is 0.234 e. The quantitative estimate of drug-likeness (QED) is 0.125. The maximum absolute atomic E-state index is 12.6. The van der Waals surface area contributed by atoms with Crippen LogP contribution in [-0.2, 0) is 9.59 Å². The van der Waals surface area contributed by atoms with Crippen LogP contribution in [0.15, 0.2) is 85.9 Å². The average Bonchev–Trinajstić information content (AvgIpc) is 3.74. The van der Waals surface area contributed by atoms with Crippen molar-refractivity contribution < 1.29 is 19.1 Å². The van der Waals surface area contributed by atoms with Crippen LogP contribution in [0.1, 0.15) is 0 Å². The van der Waals surface area contributed by atoms with Crippen molar-refractivity contribution in [1.82, 2.24) is 15.0 Å². The minimum absolute atomic E-state index is 0.109. The first-order chi connectivity index (χ1) is 22.3. The van der Waals surface area contributed by atoms with E-state index >= 15 is 0 Å². The number of fused-ring (bicyclic) bond motifs is 3. The van der Waals surface area contributed by atoms with Gasteiger partial charge in [-0.2, -0.15) is 0 Å². The molecule has 3 aromatic heterocycles. The highest BCUT2D eigenvalue weighted by atomic mass is 35.5. The molecule has 0 radical (unpaired) electrons. The molecule has 0 unspecified atom stereocenters. The molecule has 0 spiro atoms. The van der Waals surface area contributed by atoms with E-state index < -0.39 is 0 Å². The lowest BCUT2D eigenvalue weighted by molar-refractivity contribution is -0.114. The Kier molecular flexibility index (Phi) is 8.77. The molecule has 0 atom stereocenters. The molecule has 0 fully saturated rings. The van der Waals surface area contributed by atoms with Crippen molar-refractivity contribution in [3.05, 3.63) is 82.8 Å². The van der Waals surface area contributed by atoms with Gasteiger partial charge in [0.1, 0.15) is 11.3 Å². The summed E-state index contributed by atoms with van der Waals surface area (Å²) in [6.45, 7) is 0. The second-order valence-electron chi connectivity index (χ2n) is 9.79. The van der Waals surface area contributed by atoms with Gasteiger partial charge in [0.05, 0.1) is 37.5 Å². The minimum Gasteiger partial charge on any atom is -0.507 e. The number of thioether (sulfide) groups is 2. The molecule has 0 aliphatic carbocycles. The number of aromatic nitrogens is 3. The van der Waals surface area contributed by atoms with Crippen molar-refractivity contribution >= 4 is 124 Å². The fourth-order valence-electron chi connectivity index (χ4n) is 4.44. The van der Waals surface area contributed by atoms with Gasteiger partial charge in [0.2, 0.25) is 17.7 Å². The number of thiazole rings is 2. The number of carbonyl (C=O) groups excluding carboxylic acids is 2. The highest BCUT2D eigenvalue weighted by molar-refractivity contribution is 8.02. The van der Waals surface area contributed by atoms with Crippen LogP contribution in [0.3, 0.4) is 0 Å². The van der Waals surface area contributed by atoms with Crippen LogP contribution in [-0.4, -0.2) is 43.4 Å². The van der Waals surface area contributed by atoms with Crippen molar-refractivity contribution in [3.8, 4) is 17.2 Å². The summed E-state index contributed by atoms with van der Waals surface area (Å²) < 4.78 is 9.42. The number of hydrogen-bond donors (Lipinski definition) is 3. The summed E-state index contributed by atoms with van der Waals surface area (Å²) in [5, 5.41) is 17.6. The Hall–Kier alpha value is -3.85. The summed E-state index contributed by atoms with van der Waals surface area (Å²) in [5.41, 5.74) is 3.94. The molecule has 230 valence electrons. The highest BCUT2D eigenvalue weighted by Gasteiger charge is 2.16. The lowest BCUT2D eigenvalue weighted by Gasteiger charge is -2.07. The van der Waals surface area contributed by atoms with Crippen molar-refractivity contribution in [2.45, 2.75) is 8.68 Å². The number of phenols is 1. The molecule has 15 heteroatoms. The Morgan fingerprint density at radius 1 is 0.717 bits per heavy atom. The molecule has 3 N–H and O–H groups in total. The maximum Gasteiger partial charge on any atom is 0.234 e. The molecule has 0 aliphatic rings. The number of benzene rings is 4. The number of carbonyl (C=O) groups is 2. The summed E-state index contributed by atoms with van der Waals surface area (Å²) in [4.78, 5) is 38.8. The highest BCUT2D eigenvalue weighted by Crippen LogP contribution is 2.35. The molecule has 4 aromatic carbocycles. The third-order valence-corrected chi connectivity index (χ3v) is 11.3.